The first kappa shape index (κ1) is 22.4. The van der Waals surface area contributed by atoms with E-state index in [-0.39, 0.29) is 23.8 Å². The molecule has 1 heterocycles. The second kappa shape index (κ2) is 10.1. The van der Waals surface area contributed by atoms with Gasteiger partial charge in [0, 0.05) is 23.7 Å². The van der Waals surface area contributed by atoms with Gasteiger partial charge in [0.25, 0.3) is 0 Å². The standard InChI is InChI=1S/C23H29FN4O3/c1-23(2,3)28-21(29)15-26-22(25-14-16-5-7-17(24)8-6-16)27-18-9-10-19-20(13-18)31-12-4-11-30-19/h5-10,13H,4,11-12,14-15H2,1-3H3,(H,28,29)(H2,25,26,27). The Hall–Kier alpha value is -3.29. The van der Waals surface area contributed by atoms with Gasteiger partial charge in [-0.3, -0.25) is 4.79 Å². The third-order valence-electron chi connectivity index (χ3n) is 4.27. The highest BCUT2D eigenvalue weighted by atomic mass is 19.1. The molecule has 1 amide bonds. The van der Waals surface area contributed by atoms with E-state index < -0.39 is 0 Å². The van der Waals surface area contributed by atoms with E-state index in [4.69, 9.17) is 9.47 Å². The minimum absolute atomic E-state index is 0.0527. The molecule has 0 spiro atoms. The number of carbonyl (C=O) groups excluding carboxylic acids is 1. The molecule has 166 valence electrons. The second-order valence-electron chi connectivity index (χ2n) is 8.28. The molecule has 3 N–H and O–H groups in total. The third-order valence-corrected chi connectivity index (χ3v) is 4.27. The van der Waals surface area contributed by atoms with Crippen LogP contribution in [-0.2, 0) is 11.3 Å². The largest absolute Gasteiger partial charge is 0.490 e. The fourth-order valence-electron chi connectivity index (χ4n) is 2.90. The molecule has 0 aliphatic carbocycles. The van der Waals surface area contributed by atoms with E-state index in [9.17, 15) is 9.18 Å². The summed E-state index contributed by atoms with van der Waals surface area (Å²) < 4.78 is 24.6. The van der Waals surface area contributed by atoms with Gasteiger partial charge >= 0.3 is 0 Å². The lowest BCUT2D eigenvalue weighted by Gasteiger charge is -2.21. The van der Waals surface area contributed by atoms with Crippen LogP contribution in [0.5, 0.6) is 11.5 Å². The maximum absolute atomic E-state index is 13.2. The van der Waals surface area contributed by atoms with Crippen molar-refractivity contribution in [3.05, 3.63) is 53.8 Å². The second-order valence-corrected chi connectivity index (χ2v) is 8.28. The SMILES string of the molecule is CC(C)(C)NC(=O)CNC(=NCc1ccc(F)cc1)Nc1ccc2c(c1)OCCCO2. The van der Waals surface area contributed by atoms with Gasteiger partial charge in [-0.25, -0.2) is 9.38 Å². The smallest absolute Gasteiger partial charge is 0.239 e. The lowest BCUT2D eigenvalue weighted by Crippen LogP contribution is -2.46. The number of amides is 1. The first-order valence-electron chi connectivity index (χ1n) is 10.3. The number of hydrogen-bond acceptors (Lipinski definition) is 4. The number of halogens is 1. The highest BCUT2D eigenvalue weighted by Crippen LogP contribution is 2.32. The molecule has 3 rings (SSSR count). The monoisotopic (exact) mass is 428 g/mol. The van der Waals surface area contributed by atoms with Crippen LogP contribution in [0.25, 0.3) is 0 Å². The fraction of sp³-hybridized carbons (Fsp3) is 0.391. The lowest BCUT2D eigenvalue weighted by molar-refractivity contribution is -0.121. The van der Waals surface area contributed by atoms with E-state index >= 15 is 0 Å². The van der Waals surface area contributed by atoms with Crippen molar-refractivity contribution in [2.75, 3.05) is 25.1 Å². The summed E-state index contributed by atoms with van der Waals surface area (Å²) in [5.41, 5.74) is 1.26. The molecule has 0 saturated heterocycles. The number of carbonyl (C=O) groups is 1. The summed E-state index contributed by atoms with van der Waals surface area (Å²) in [5.74, 6) is 1.33. The van der Waals surface area contributed by atoms with E-state index in [2.05, 4.69) is 20.9 Å². The van der Waals surface area contributed by atoms with Gasteiger partial charge in [-0.15, -0.1) is 0 Å². The number of aliphatic imine (C=N–C) groups is 1. The Morgan fingerprint density at radius 3 is 2.48 bits per heavy atom. The Morgan fingerprint density at radius 2 is 1.77 bits per heavy atom. The minimum Gasteiger partial charge on any atom is -0.490 e. The van der Waals surface area contributed by atoms with E-state index in [0.717, 1.165) is 17.7 Å². The Morgan fingerprint density at radius 1 is 1.06 bits per heavy atom. The summed E-state index contributed by atoms with van der Waals surface area (Å²) in [7, 11) is 0. The molecule has 0 radical (unpaired) electrons. The van der Waals surface area contributed by atoms with Crippen molar-refractivity contribution in [3.63, 3.8) is 0 Å². The molecular weight excluding hydrogens is 399 g/mol. The Balaban J connectivity index is 1.73. The zero-order valence-corrected chi connectivity index (χ0v) is 18.1. The van der Waals surface area contributed by atoms with Crippen LogP contribution >= 0.6 is 0 Å². The van der Waals surface area contributed by atoms with E-state index in [1.165, 1.54) is 12.1 Å². The van der Waals surface area contributed by atoms with Crippen molar-refractivity contribution in [2.45, 2.75) is 39.3 Å². The summed E-state index contributed by atoms with van der Waals surface area (Å²) >= 11 is 0. The van der Waals surface area contributed by atoms with E-state index in [1.807, 2.05) is 39.0 Å². The molecule has 0 fully saturated rings. The predicted octanol–water partition coefficient (Wildman–Crippen LogP) is 3.46. The number of rotatable bonds is 5. The normalized spacial score (nSPS) is 13.9. The van der Waals surface area contributed by atoms with E-state index in [0.29, 0.717) is 37.2 Å². The van der Waals surface area contributed by atoms with Gasteiger partial charge in [0.05, 0.1) is 26.3 Å². The van der Waals surface area contributed by atoms with Crippen LogP contribution < -0.4 is 25.4 Å². The number of nitrogens with zero attached hydrogens (tertiary/aromatic N) is 1. The molecule has 2 aromatic carbocycles. The maximum Gasteiger partial charge on any atom is 0.239 e. The lowest BCUT2D eigenvalue weighted by atomic mass is 10.1. The Labute approximate surface area is 182 Å². The number of guanidine groups is 1. The van der Waals surface area contributed by atoms with Crippen molar-refractivity contribution in [1.82, 2.24) is 10.6 Å². The zero-order valence-electron chi connectivity index (χ0n) is 18.1. The van der Waals surface area contributed by atoms with Crippen molar-refractivity contribution < 1.29 is 18.7 Å². The van der Waals surface area contributed by atoms with Crippen LogP contribution in [-0.4, -0.2) is 37.2 Å². The van der Waals surface area contributed by atoms with Crippen molar-refractivity contribution >= 4 is 17.6 Å². The Bertz CT molecular complexity index is 923. The molecule has 1 aliphatic rings. The summed E-state index contributed by atoms with van der Waals surface area (Å²) in [6.45, 7) is 7.35. The molecule has 7 nitrogen and oxygen atoms in total. The third kappa shape index (κ3) is 7.47. The number of nitrogens with one attached hydrogen (secondary N) is 3. The van der Waals surface area contributed by atoms with Crippen LogP contribution in [0.4, 0.5) is 10.1 Å². The molecule has 2 aromatic rings. The first-order chi connectivity index (χ1) is 14.8. The van der Waals surface area contributed by atoms with Crippen molar-refractivity contribution in [1.29, 1.82) is 0 Å². The van der Waals surface area contributed by atoms with Crippen LogP contribution in [0.2, 0.25) is 0 Å². The number of fused-ring (bicyclic) bond motifs is 1. The number of hydrogen-bond donors (Lipinski definition) is 3. The van der Waals surface area contributed by atoms with E-state index in [1.54, 1.807) is 12.1 Å². The highest BCUT2D eigenvalue weighted by molar-refractivity contribution is 5.96. The van der Waals surface area contributed by atoms with Gasteiger partial charge in [-0.05, 0) is 50.6 Å². The summed E-state index contributed by atoms with van der Waals surface area (Å²) in [5, 5.41) is 9.15. The highest BCUT2D eigenvalue weighted by Gasteiger charge is 2.15. The maximum atomic E-state index is 13.2. The summed E-state index contributed by atoms with van der Waals surface area (Å²) in [4.78, 5) is 16.8. The van der Waals surface area contributed by atoms with Crippen LogP contribution in [0.15, 0.2) is 47.5 Å². The van der Waals surface area contributed by atoms with Gasteiger partial charge in [0.2, 0.25) is 5.91 Å². The molecule has 0 saturated carbocycles. The van der Waals surface area contributed by atoms with Crippen molar-refractivity contribution in [3.8, 4) is 11.5 Å². The van der Waals surface area contributed by atoms with Gasteiger partial charge in [-0.2, -0.15) is 0 Å². The van der Waals surface area contributed by atoms with Crippen molar-refractivity contribution in [2.24, 2.45) is 4.99 Å². The molecule has 0 unspecified atom stereocenters. The molecule has 8 heteroatoms. The zero-order chi connectivity index (χ0) is 22.3. The van der Waals surface area contributed by atoms with Crippen LogP contribution in [0.1, 0.15) is 32.8 Å². The molecule has 0 atom stereocenters. The molecule has 0 bridgehead atoms. The molecule has 0 aromatic heterocycles. The van der Waals surface area contributed by atoms with Crippen LogP contribution in [0, 0.1) is 5.82 Å². The minimum atomic E-state index is -0.327. The topological polar surface area (TPSA) is 84.0 Å². The predicted molar refractivity (Wildman–Crippen MR) is 119 cm³/mol. The van der Waals surface area contributed by atoms with Gasteiger partial charge < -0.3 is 25.4 Å². The van der Waals surface area contributed by atoms with Crippen LogP contribution in [0.3, 0.4) is 0 Å². The summed E-state index contributed by atoms with van der Waals surface area (Å²) in [6.07, 6.45) is 0.826. The van der Waals surface area contributed by atoms with Gasteiger partial charge in [-0.1, -0.05) is 12.1 Å². The average molecular weight is 429 g/mol. The van der Waals surface area contributed by atoms with Gasteiger partial charge in [0.15, 0.2) is 17.5 Å². The molecular formula is C23H29FN4O3. The summed E-state index contributed by atoms with van der Waals surface area (Å²) in [6, 6.07) is 11.7. The number of ether oxygens (including phenoxy) is 2. The number of benzene rings is 2. The molecule has 1 aliphatic heterocycles. The fourth-order valence-corrected chi connectivity index (χ4v) is 2.90. The van der Waals surface area contributed by atoms with Gasteiger partial charge in [0.1, 0.15) is 5.82 Å². The Kier molecular flexibility index (Phi) is 7.33. The average Bonchev–Trinajstić information content (AvgIpc) is 2.95. The number of anilines is 1. The first-order valence-corrected chi connectivity index (χ1v) is 10.3. The quantitative estimate of drug-likeness (QED) is 0.502. The molecule has 31 heavy (non-hydrogen) atoms.